The van der Waals surface area contributed by atoms with E-state index in [0.29, 0.717) is 12.1 Å². The van der Waals surface area contributed by atoms with Gasteiger partial charge in [-0.05, 0) is 60.4 Å². The molecule has 2 aromatic rings. The van der Waals surface area contributed by atoms with E-state index >= 15 is 0 Å². The van der Waals surface area contributed by atoms with Crippen molar-refractivity contribution < 1.29 is 18.3 Å². The van der Waals surface area contributed by atoms with E-state index in [-0.39, 0.29) is 40.0 Å². The summed E-state index contributed by atoms with van der Waals surface area (Å²) in [5.74, 6) is -0.217. The number of H-pyrrole nitrogens is 1. The molecule has 8 heteroatoms. The van der Waals surface area contributed by atoms with Crippen LogP contribution in [0.25, 0.3) is 0 Å². The minimum absolute atomic E-state index is 0.00244. The lowest BCUT2D eigenvalue weighted by atomic mass is 9.75. The Bertz CT molecular complexity index is 947. The average molecular weight is 395 g/mol. The van der Waals surface area contributed by atoms with E-state index < -0.39 is 6.61 Å². The molecule has 27 heavy (non-hydrogen) atoms. The maximum Gasteiger partial charge on any atom is 0.387 e. The molecule has 0 saturated heterocycles. The number of nitrogens with one attached hydrogen (secondary N) is 2. The van der Waals surface area contributed by atoms with Gasteiger partial charge in [0.2, 0.25) is 11.5 Å². The number of rotatable bonds is 4. The van der Waals surface area contributed by atoms with Crippen LogP contribution in [-0.4, -0.2) is 17.5 Å². The van der Waals surface area contributed by atoms with Crippen molar-refractivity contribution in [3.05, 3.63) is 57.0 Å². The van der Waals surface area contributed by atoms with Gasteiger partial charge in [-0.2, -0.15) is 8.78 Å². The minimum Gasteiger partial charge on any atom is -0.433 e. The van der Waals surface area contributed by atoms with Gasteiger partial charge in [0.15, 0.2) is 0 Å². The van der Waals surface area contributed by atoms with Gasteiger partial charge in [0.25, 0.3) is 0 Å². The molecule has 0 spiro atoms. The Labute approximate surface area is 158 Å². The van der Waals surface area contributed by atoms with Gasteiger partial charge in [0.1, 0.15) is 5.75 Å². The van der Waals surface area contributed by atoms with Crippen LogP contribution < -0.4 is 15.6 Å². The van der Waals surface area contributed by atoms with E-state index in [2.05, 4.69) is 15.0 Å². The molecule has 1 fully saturated rings. The Morgan fingerprint density at radius 2 is 2.11 bits per heavy atom. The van der Waals surface area contributed by atoms with Gasteiger partial charge in [-0.25, -0.2) is 0 Å². The number of carbonyl (C=O) groups is 1. The number of fused-ring (bicyclic) bond motifs is 4. The molecule has 142 valence electrons. The zero-order chi connectivity index (χ0) is 19.1. The Morgan fingerprint density at radius 3 is 2.85 bits per heavy atom. The second-order valence-corrected chi connectivity index (χ2v) is 7.37. The highest BCUT2D eigenvalue weighted by Crippen LogP contribution is 2.50. The van der Waals surface area contributed by atoms with Gasteiger partial charge in [-0.15, -0.1) is 0 Å². The first-order valence-electron chi connectivity index (χ1n) is 8.69. The lowest BCUT2D eigenvalue weighted by Gasteiger charge is -2.31. The molecule has 1 aromatic heterocycles. The largest absolute Gasteiger partial charge is 0.433 e. The van der Waals surface area contributed by atoms with Crippen molar-refractivity contribution in [2.75, 3.05) is 5.32 Å². The summed E-state index contributed by atoms with van der Waals surface area (Å²) in [5.41, 5.74) is 2.35. The van der Waals surface area contributed by atoms with Crippen molar-refractivity contribution in [2.45, 2.75) is 31.8 Å². The topological polar surface area (TPSA) is 71.2 Å². The fourth-order valence-electron chi connectivity index (χ4n) is 4.38. The molecule has 1 aromatic carbocycles. The molecule has 2 bridgehead atoms. The standard InChI is InChI=1S/C19H17ClF2N2O3/c20-14-7-11(2-4-15(14)27-19(21)22)24-18(26)17-9-1-3-12(17)13-8-23-16(25)6-10(13)5-9/h2,4,6-9,12,17,19H,1,3,5H2,(H,23,25)(H,24,26)/t9-,12-,17?/m1/s1. The first-order chi connectivity index (χ1) is 12.9. The molecule has 0 aliphatic heterocycles. The summed E-state index contributed by atoms with van der Waals surface area (Å²) in [4.78, 5) is 27.2. The summed E-state index contributed by atoms with van der Waals surface area (Å²) >= 11 is 5.95. The van der Waals surface area contributed by atoms with E-state index in [4.69, 9.17) is 11.6 Å². The van der Waals surface area contributed by atoms with Crippen LogP contribution in [0.15, 0.2) is 35.3 Å². The second-order valence-electron chi connectivity index (χ2n) is 6.96. The molecule has 2 aliphatic carbocycles. The van der Waals surface area contributed by atoms with Crippen LogP contribution >= 0.6 is 11.6 Å². The predicted octanol–water partition coefficient (Wildman–Crippen LogP) is 3.93. The Kier molecular flexibility index (Phi) is 4.63. The van der Waals surface area contributed by atoms with Crippen LogP contribution in [0.1, 0.15) is 29.9 Å². The molecule has 5 nitrogen and oxygen atoms in total. The lowest BCUT2D eigenvalue weighted by molar-refractivity contribution is -0.121. The van der Waals surface area contributed by atoms with E-state index in [1.165, 1.54) is 18.2 Å². The molecular formula is C19H17ClF2N2O3. The molecular weight excluding hydrogens is 378 g/mol. The van der Waals surface area contributed by atoms with E-state index in [1.54, 1.807) is 12.3 Å². The lowest BCUT2D eigenvalue weighted by Crippen LogP contribution is -2.34. The number of alkyl halides is 2. The maximum atomic E-state index is 12.9. The van der Waals surface area contributed by atoms with Gasteiger partial charge in [0.05, 0.1) is 5.02 Å². The highest BCUT2D eigenvalue weighted by Gasteiger charge is 2.45. The van der Waals surface area contributed by atoms with Crippen LogP contribution in [0.5, 0.6) is 5.75 Å². The quantitative estimate of drug-likeness (QED) is 0.825. The Balaban J connectivity index is 1.53. The number of amides is 1. The fraction of sp³-hybridized carbons (Fsp3) is 0.368. The van der Waals surface area contributed by atoms with Crippen LogP contribution in [0.4, 0.5) is 14.5 Å². The molecule has 2 N–H and O–H groups in total. The van der Waals surface area contributed by atoms with Crippen molar-refractivity contribution in [3.63, 3.8) is 0 Å². The normalized spacial score (nSPS) is 23.2. The molecule has 4 rings (SSSR count). The smallest absolute Gasteiger partial charge is 0.387 e. The summed E-state index contributed by atoms with van der Waals surface area (Å²) in [6.07, 6.45) is 4.24. The van der Waals surface area contributed by atoms with Crippen molar-refractivity contribution >= 4 is 23.2 Å². The van der Waals surface area contributed by atoms with Gasteiger partial charge in [0, 0.05) is 23.9 Å². The molecule has 0 radical (unpaired) electrons. The van der Waals surface area contributed by atoms with Crippen molar-refractivity contribution in [1.82, 2.24) is 4.98 Å². The van der Waals surface area contributed by atoms with Crippen LogP contribution in [0, 0.1) is 11.8 Å². The first-order valence-corrected chi connectivity index (χ1v) is 9.07. The summed E-state index contributed by atoms with van der Waals surface area (Å²) in [6.45, 7) is -2.97. The van der Waals surface area contributed by atoms with Crippen molar-refractivity contribution in [3.8, 4) is 5.75 Å². The third kappa shape index (κ3) is 3.43. The average Bonchev–Trinajstić information content (AvgIpc) is 2.92. The number of ether oxygens (including phenoxy) is 1. The molecule has 2 aliphatic rings. The zero-order valence-corrected chi connectivity index (χ0v) is 14.9. The SMILES string of the molecule is O=C(Nc1ccc(OC(F)F)c(Cl)c1)C1[C@@H]2CC[C@@H]1c1c[nH]c(=O)cc1C2. The number of aromatic nitrogens is 1. The van der Waals surface area contributed by atoms with Gasteiger partial charge >= 0.3 is 6.61 Å². The van der Waals surface area contributed by atoms with Crippen LogP contribution in [0.3, 0.4) is 0 Å². The molecule has 3 atom stereocenters. The number of anilines is 1. The van der Waals surface area contributed by atoms with Gasteiger partial charge in [-0.1, -0.05) is 11.6 Å². The minimum atomic E-state index is -2.97. The highest BCUT2D eigenvalue weighted by molar-refractivity contribution is 6.32. The van der Waals surface area contributed by atoms with Crippen LogP contribution in [0.2, 0.25) is 5.02 Å². The monoisotopic (exact) mass is 394 g/mol. The third-order valence-electron chi connectivity index (χ3n) is 5.44. The third-order valence-corrected chi connectivity index (χ3v) is 5.73. The Morgan fingerprint density at radius 1 is 1.30 bits per heavy atom. The molecule has 1 saturated carbocycles. The fourth-order valence-corrected chi connectivity index (χ4v) is 4.61. The second kappa shape index (κ2) is 6.96. The Hall–Kier alpha value is -2.41. The summed E-state index contributed by atoms with van der Waals surface area (Å²) in [6, 6.07) is 5.81. The number of hydrogen-bond acceptors (Lipinski definition) is 3. The van der Waals surface area contributed by atoms with Crippen LogP contribution in [-0.2, 0) is 11.2 Å². The van der Waals surface area contributed by atoms with Gasteiger partial charge in [-0.3, -0.25) is 9.59 Å². The van der Waals surface area contributed by atoms with Gasteiger partial charge < -0.3 is 15.0 Å². The first kappa shape index (κ1) is 18.0. The van der Waals surface area contributed by atoms with E-state index in [0.717, 1.165) is 24.0 Å². The van der Waals surface area contributed by atoms with E-state index in [9.17, 15) is 18.4 Å². The molecule has 1 unspecified atom stereocenters. The number of pyridine rings is 1. The zero-order valence-electron chi connectivity index (χ0n) is 14.2. The summed E-state index contributed by atoms with van der Waals surface area (Å²) in [7, 11) is 0. The van der Waals surface area contributed by atoms with E-state index in [1.807, 2.05) is 0 Å². The highest BCUT2D eigenvalue weighted by atomic mass is 35.5. The molecule has 1 amide bonds. The van der Waals surface area contributed by atoms with Crippen molar-refractivity contribution in [2.24, 2.45) is 11.8 Å². The number of benzene rings is 1. The number of aromatic amines is 1. The summed E-state index contributed by atoms with van der Waals surface area (Å²) < 4.78 is 28.9. The molecule has 1 heterocycles. The van der Waals surface area contributed by atoms with Crippen molar-refractivity contribution in [1.29, 1.82) is 0 Å². The predicted molar refractivity (Wildman–Crippen MR) is 96.4 cm³/mol. The summed E-state index contributed by atoms with van der Waals surface area (Å²) in [5, 5.41) is 2.84. The number of carbonyl (C=O) groups excluding carboxylic acids is 1. The number of halogens is 3. The number of hydrogen-bond donors (Lipinski definition) is 2. The maximum absolute atomic E-state index is 12.9.